The van der Waals surface area contributed by atoms with Crippen LogP contribution in [0.15, 0.2) is 70.1 Å². The van der Waals surface area contributed by atoms with Crippen molar-refractivity contribution in [1.82, 2.24) is 9.80 Å². The topological polar surface area (TPSA) is 72.2 Å². The molecule has 190 valence electrons. The summed E-state index contributed by atoms with van der Waals surface area (Å²) < 4.78 is 66.2. The van der Waals surface area contributed by atoms with Crippen molar-refractivity contribution in [1.29, 1.82) is 0 Å². The Morgan fingerprint density at radius 1 is 0.972 bits per heavy atom. The Morgan fingerprint density at radius 3 is 2.42 bits per heavy atom. The number of benzene rings is 2. The summed E-state index contributed by atoms with van der Waals surface area (Å²) in [6.45, 7) is 1.71. The number of amides is 1. The van der Waals surface area contributed by atoms with Crippen molar-refractivity contribution in [2.75, 3.05) is 26.2 Å². The number of nitrogens with zero attached hydrogens (tertiary/aromatic N) is 2. The van der Waals surface area contributed by atoms with Crippen molar-refractivity contribution in [2.24, 2.45) is 0 Å². The number of para-hydroxylation sites is 1. The molecule has 1 saturated heterocycles. The van der Waals surface area contributed by atoms with Crippen LogP contribution in [-0.2, 0) is 13.2 Å². The maximum Gasteiger partial charge on any atom is 0.573 e. The molecule has 0 unspecified atom stereocenters. The second kappa shape index (κ2) is 10.8. The van der Waals surface area contributed by atoms with E-state index >= 15 is 0 Å². The molecule has 0 spiro atoms. The lowest BCUT2D eigenvalue weighted by Crippen LogP contribution is -2.48. The van der Waals surface area contributed by atoms with E-state index < -0.39 is 23.8 Å². The average Bonchev–Trinajstić information content (AvgIpc) is 2.83. The molecule has 1 aliphatic rings. The van der Waals surface area contributed by atoms with Gasteiger partial charge in [0.25, 0.3) is 5.91 Å². The number of halogens is 4. The largest absolute Gasteiger partial charge is 0.573 e. The molecule has 3 aromatic rings. The van der Waals surface area contributed by atoms with Crippen LogP contribution >= 0.6 is 0 Å². The molecule has 1 amide bonds. The number of hydrogen-bond acceptors (Lipinski definition) is 6. The minimum Gasteiger partial charge on any atom is -0.482 e. The molecular formula is C25H22F4N2O5. The van der Waals surface area contributed by atoms with Crippen molar-refractivity contribution in [3.8, 4) is 11.5 Å². The van der Waals surface area contributed by atoms with Crippen LogP contribution in [0.4, 0.5) is 17.6 Å². The summed E-state index contributed by atoms with van der Waals surface area (Å²) in [5.41, 5.74) is 0.0179. The predicted octanol–water partition coefficient (Wildman–Crippen LogP) is 4.21. The lowest BCUT2D eigenvalue weighted by atomic mass is 10.1. The second-order valence-electron chi connectivity index (χ2n) is 8.11. The summed E-state index contributed by atoms with van der Waals surface area (Å²) in [4.78, 5) is 28.6. The molecule has 1 fully saturated rings. The minimum absolute atomic E-state index is 0.00170. The summed E-state index contributed by atoms with van der Waals surface area (Å²) in [6, 6.07) is 12.4. The molecule has 0 radical (unpaired) electrons. The van der Waals surface area contributed by atoms with Crippen LogP contribution in [0.1, 0.15) is 21.7 Å². The van der Waals surface area contributed by atoms with Gasteiger partial charge in [0.1, 0.15) is 30.2 Å². The molecule has 7 nitrogen and oxygen atoms in total. The van der Waals surface area contributed by atoms with Gasteiger partial charge >= 0.3 is 6.36 Å². The Hall–Kier alpha value is -3.86. The van der Waals surface area contributed by atoms with Gasteiger partial charge in [-0.15, -0.1) is 13.2 Å². The first-order valence-corrected chi connectivity index (χ1v) is 11.0. The molecular weight excluding hydrogens is 484 g/mol. The van der Waals surface area contributed by atoms with Gasteiger partial charge in [0.05, 0.1) is 12.1 Å². The fraction of sp³-hybridized carbons (Fsp3) is 0.280. The smallest absolute Gasteiger partial charge is 0.482 e. The van der Waals surface area contributed by atoms with Crippen molar-refractivity contribution in [3.05, 3.63) is 93.8 Å². The van der Waals surface area contributed by atoms with Gasteiger partial charge in [0.15, 0.2) is 0 Å². The Morgan fingerprint density at radius 2 is 1.72 bits per heavy atom. The molecule has 36 heavy (non-hydrogen) atoms. The van der Waals surface area contributed by atoms with E-state index in [1.165, 1.54) is 47.6 Å². The first-order chi connectivity index (χ1) is 17.2. The Kier molecular flexibility index (Phi) is 7.58. The highest BCUT2D eigenvalue weighted by Crippen LogP contribution is 2.27. The maximum atomic E-state index is 13.3. The first-order valence-electron chi connectivity index (χ1n) is 11.0. The van der Waals surface area contributed by atoms with Crippen LogP contribution in [0.2, 0.25) is 0 Å². The van der Waals surface area contributed by atoms with Gasteiger partial charge in [-0.05, 0) is 29.8 Å². The van der Waals surface area contributed by atoms with Crippen LogP contribution in [-0.4, -0.2) is 48.2 Å². The van der Waals surface area contributed by atoms with Crippen LogP contribution < -0.4 is 14.9 Å². The lowest BCUT2D eigenvalue weighted by molar-refractivity contribution is -0.274. The third-order valence-electron chi connectivity index (χ3n) is 5.52. The van der Waals surface area contributed by atoms with Gasteiger partial charge < -0.3 is 18.8 Å². The molecule has 2 aromatic carbocycles. The van der Waals surface area contributed by atoms with E-state index in [-0.39, 0.29) is 36.4 Å². The first kappa shape index (κ1) is 25.2. The number of alkyl halides is 3. The summed E-state index contributed by atoms with van der Waals surface area (Å²) in [6.07, 6.45) is -3.70. The van der Waals surface area contributed by atoms with Crippen LogP contribution in [0.3, 0.4) is 0 Å². The number of hydrogen-bond donors (Lipinski definition) is 0. The van der Waals surface area contributed by atoms with Crippen molar-refractivity contribution < 1.29 is 36.2 Å². The van der Waals surface area contributed by atoms with E-state index in [9.17, 15) is 27.2 Å². The van der Waals surface area contributed by atoms with E-state index in [1.807, 2.05) is 4.90 Å². The zero-order valence-corrected chi connectivity index (χ0v) is 19.0. The van der Waals surface area contributed by atoms with E-state index in [2.05, 4.69) is 4.74 Å². The molecule has 0 saturated carbocycles. The third kappa shape index (κ3) is 6.63. The molecule has 0 bridgehead atoms. The van der Waals surface area contributed by atoms with Gasteiger partial charge in [0.2, 0.25) is 11.2 Å². The Labute approximate surface area is 203 Å². The molecule has 11 heteroatoms. The molecule has 0 aliphatic carbocycles. The van der Waals surface area contributed by atoms with Crippen LogP contribution in [0, 0.1) is 5.82 Å². The van der Waals surface area contributed by atoms with Crippen molar-refractivity contribution in [2.45, 2.75) is 19.5 Å². The van der Waals surface area contributed by atoms with Crippen LogP contribution in [0.25, 0.3) is 0 Å². The fourth-order valence-corrected chi connectivity index (χ4v) is 3.77. The van der Waals surface area contributed by atoms with Gasteiger partial charge in [-0.25, -0.2) is 4.39 Å². The van der Waals surface area contributed by atoms with Gasteiger partial charge in [-0.3, -0.25) is 14.5 Å². The number of piperazine rings is 1. The number of carbonyl (C=O) groups excluding carboxylic acids is 1. The Balaban J connectivity index is 1.31. The summed E-state index contributed by atoms with van der Waals surface area (Å²) in [7, 11) is 0. The molecule has 1 aliphatic heterocycles. The standard InChI is InChI=1S/C25H22F4N2O5/c26-18-5-3-4-17(12-18)15-35-23-16-34-19(13-21(23)32)14-30-8-10-31(11-9-30)24(33)20-6-1-2-7-22(20)36-25(27,28)29/h1-7,12-13,16H,8-11,14-15H2. The van der Waals surface area contributed by atoms with Crippen molar-refractivity contribution >= 4 is 5.91 Å². The quantitative estimate of drug-likeness (QED) is 0.447. The van der Waals surface area contributed by atoms with Crippen LogP contribution in [0.5, 0.6) is 11.5 Å². The fourth-order valence-electron chi connectivity index (χ4n) is 3.77. The summed E-state index contributed by atoms with van der Waals surface area (Å²) in [5.74, 6) is -1.11. The second-order valence-corrected chi connectivity index (χ2v) is 8.11. The van der Waals surface area contributed by atoms with Gasteiger partial charge in [0, 0.05) is 32.2 Å². The van der Waals surface area contributed by atoms with E-state index in [1.54, 1.807) is 12.1 Å². The zero-order chi connectivity index (χ0) is 25.7. The number of carbonyl (C=O) groups is 1. The molecule has 4 rings (SSSR count). The maximum absolute atomic E-state index is 13.3. The highest BCUT2D eigenvalue weighted by molar-refractivity contribution is 5.97. The molecule has 0 N–H and O–H groups in total. The van der Waals surface area contributed by atoms with Gasteiger partial charge in [-0.2, -0.15) is 0 Å². The summed E-state index contributed by atoms with van der Waals surface area (Å²) in [5, 5.41) is 0. The third-order valence-corrected chi connectivity index (χ3v) is 5.52. The highest BCUT2D eigenvalue weighted by Gasteiger charge is 2.34. The Bertz CT molecular complexity index is 1270. The normalized spacial score (nSPS) is 14.5. The molecule has 0 atom stereocenters. The van der Waals surface area contributed by atoms with Crippen molar-refractivity contribution in [3.63, 3.8) is 0 Å². The predicted molar refractivity (Wildman–Crippen MR) is 120 cm³/mol. The molecule has 2 heterocycles. The monoisotopic (exact) mass is 506 g/mol. The number of rotatable bonds is 7. The lowest BCUT2D eigenvalue weighted by Gasteiger charge is -2.34. The van der Waals surface area contributed by atoms with E-state index in [0.717, 1.165) is 6.07 Å². The number of ether oxygens (including phenoxy) is 2. The van der Waals surface area contributed by atoms with E-state index in [0.29, 0.717) is 31.0 Å². The minimum atomic E-state index is -4.90. The zero-order valence-electron chi connectivity index (χ0n) is 19.0. The molecule has 1 aromatic heterocycles. The SMILES string of the molecule is O=C(c1ccccc1OC(F)(F)F)N1CCN(Cc2cc(=O)c(OCc3cccc(F)c3)co2)CC1. The summed E-state index contributed by atoms with van der Waals surface area (Å²) >= 11 is 0. The van der Waals surface area contributed by atoms with E-state index in [4.69, 9.17) is 9.15 Å². The van der Waals surface area contributed by atoms with Gasteiger partial charge in [-0.1, -0.05) is 24.3 Å². The highest BCUT2D eigenvalue weighted by atomic mass is 19.4. The average molecular weight is 506 g/mol.